The summed E-state index contributed by atoms with van der Waals surface area (Å²) in [7, 11) is 0. The van der Waals surface area contributed by atoms with E-state index >= 15 is 0 Å². The normalized spacial score (nSPS) is 11.9. The van der Waals surface area contributed by atoms with Crippen LogP contribution in [0.1, 0.15) is 95.3 Å². The van der Waals surface area contributed by atoms with E-state index in [2.05, 4.69) is 5.32 Å². The minimum Gasteiger partial charge on any atom is -0.494 e. The van der Waals surface area contributed by atoms with Crippen LogP contribution in [-0.2, 0) is 19.1 Å². The summed E-state index contributed by atoms with van der Waals surface area (Å²) in [6, 6.07) is 8.16. The molecule has 0 aliphatic carbocycles. The van der Waals surface area contributed by atoms with Crippen LogP contribution in [0.5, 0.6) is 17.5 Å². The van der Waals surface area contributed by atoms with Crippen molar-refractivity contribution in [2.45, 2.75) is 96.6 Å². The van der Waals surface area contributed by atoms with Crippen molar-refractivity contribution in [2.75, 3.05) is 6.61 Å². The molecule has 2 rings (SSSR count). The van der Waals surface area contributed by atoms with E-state index in [-0.39, 0.29) is 31.1 Å². The number of amides is 2. The number of nitrogens with zero attached hydrogens (tertiary/aromatic N) is 1. The number of carbonyl (C=O) groups is 4. The van der Waals surface area contributed by atoms with Gasteiger partial charge in [-0.05, 0) is 64.3 Å². The molecule has 0 fully saturated rings. The molecule has 0 spiro atoms. The van der Waals surface area contributed by atoms with Gasteiger partial charge >= 0.3 is 11.9 Å². The van der Waals surface area contributed by atoms with Crippen molar-refractivity contribution >= 4 is 23.8 Å². The molecule has 1 atom stereocenters. The highest BCUT2D eigenvalue weighted by Gasteiger charge is 2.21. The topological polar surface area (TPSA) is 179 Å². The molecule has 1 unspecified atom stereocenters. The van der Waals surface area contributed by atoms with Crippen LogP contribution in [0.25, 0.3) is 0 Å². The van der Waals surface area contributed by atoms with Crippen LogP contribution in [-0.4, -0.2) is 56.9 Å². The summed E-state index contributed by atoms with van der Waals surface area (Å²) in [6.45, 7) is 6.06. The maximum Gasteiger partial charge on any atom is 0.338 e. The summed E-state index contributed by atoms with van der Waals surface area (Å²) >= 11 is 0. The van der Waals surface area contributed by atoms with Crippen molar-refractivity contribution < 1.29 is 43.7 Å². The maximum absolute atomic E-state index is 12.2. The van der Waals surface area contributed by atoms with E-state index < -0.39 is 35.3 Å². The van der Waals surface area contributed by atoms with Gasteiger partial charge in [-0.1, -0.05) is 32.1 Å². The molecule has 232 valence electrons. The molecule has 0 saturated heterocycles. The van der Waals surface area contributed by atoms with Gasteiger partial charge < -0.3 is 35.6 Å². The summed E-state index contributed by atoms with van der Waals surface area (Å²) < 4.78 is 11.6. The quantitative estimate of drug-likeness (QED) is 0.149. The lowest BCUT2D eigenvalue weighted by molar-refractivity contribution is -0.146. The van der Waals surface area contributed by atoms with Gasteiger partial charge in [-0.25, -0.2) is 9.59 Å². The van der Waals surface area contributed by atoms with E-state index in [0.29, 0.717) is 29.1 Å². The van der Waals surface area contributed by atoms with E-state index in [9.17, 15) is 29.4 Å². The fraction of sp³-hybridized carbons (Fsp3) is 0.533. The third kappa shape index (κ3) is 13.0. The second kappa shape index (κ2) is 16.9. The Balaban J connectivity index is 1.51. The minimum atomic E-state index is -1.04. The minimum absolute atomic E-state index is 0.0796. The number of ether oxygens (including phenoxy) is 2. The van der Waals surface area contributed by atoms with Crippen LogP contribution in [0, 0.1) is 0 Å². The van der Waals surface area contributed by atoms with E-state index in [0.717, 1.165) is 50.7 Å². The van der Waals surface area contributed by atoms with Crippen molar-refractivity contribution in [3.63, 3.8) is 0 Å². The molecule has 1 aromatic carbocycles. The molecule has 0 aliphatic rings. The van der Waals surface area contributed by atoms with Gasteiger partial charge in [0.2, 0.25) is 23.6 Å². The second-order valence-corrected chi connectivity index (χ2v) is 11.0. The zero-order valence-corrected chi connectivity index (χ0v) is 24.6. The van der Waals surface area contributed by atoms with Gasteiger partial charge in [0.25, 0.3) is 0 Å². The third-order valence-corrected chi connectivity index (χ3v) is 6.11. The highest BCUT2D eigenvalue weighted by Crippen LogP contribution is 2.19. The number of unbranched alkanes of at least 4 members (excludes halogenated alkanes) is 6. The number of carbonyl (C=O) groups excluding carboxylic acids is 4. The highest BCUT2D eigenvalue weighted by atomic mass is 16.7. The maximum atomic E-state index is 12.2. The lowest BCUT2D eigenvalue weighted by atomic mass is 10.1. The monoisotopic (exact) mass is 589 g/mol. The summed E-state index contributed by atoms with van der Waals surface area (Å²) in [5.41, 5.74) is 5.30. The van der Waals surface area contributed by atoms with Gasteiger partial charge in [0, 0.05) is 18.6 Å². The van der Waals surface area contributed by atoms with Crippen LogP contribution < -0.4 is 20.6 Å². The number of aromatic nitrogens is 1. The molecular formula is C30H43N3O9. The Morgan fingerprint density at radius 3 is 2.00 bits per heavy atom. The number of benzene rings is 1. The Kier molecular flexibility index (Phi) is 13.7. The average molecular weight is 590 g/mol. The Morgan fingerprint density at radius 2 is 1.43 bits per heavy atom. The summed E-state index contributed by atoms with van der Waals surface area (Å²) in [6.07, 6.45) is 6.40. The first kappa shape index (κ1) is 34.0. The number of primary amides is 1. The Bertz CT molecular complexity index is 1150. The van der Waals surface area contributed by atoms with Crippen LogP contribution >= 0.6 is 0 Å². The fourth-order valence-corrected chi connectivity index (χ4v) is 3.94. The van der Waals surface area contributed by atoms with Crippen molar-refractivity contribution in [1.82, 2.24) is 10.0 Å². The van der Waals surface area contributed by atoms with Gasteiger partial charge in [0.1, 0.15) is 17.4 Å². The first-order valence-corrected chi connectivity index (χ1v) is 14.2. The summed E-state index contributed by atoms with van der Waals surface area (Å²) in [5.74, 6) is -2.51. The van der Waals surface area contributed by atoms with Crippen LogP contribution in [0.3, 0.4) is 0 Å². The smallest absolute Gasteiger partial charge is 0.338 e. The number of rotatable bonds is 18. The number of nitrogens with one attached hydrogen (secondary N) is 1. The number of hydrogen-bond acceptors (Lipinski definition) is 9. The predicted octanol–water partition coefficient (Wildman–Crippen LogP) is 3.76. The Hall–Kier alpha value is -4.22. The van der Waals surface area contributed by atoms with Crippen LogP contribution in [0.2, 0.25) is 0 Å². The second-order valence-electron chi connectivity index (χ2n) is 11.0. The van der Waals surface area contributed by atoms with E-state index in [4.69, 9.17) is 20.0 Å². The van der Waals surface area contributed by atoms with E-state index in [1.165, 1.54) is 0 Å². The predicted molar refractivity (Wildman–Crippen MR) is 154 cm³/mol. The largest absolute Gasteiger partial charge is 0.494 e. The number of aromatic hydroxyl groups is 2. The molecule has 12 nitrogen and oxygen atoms in total. The fourth-order valence-electron chi connectivity index (χ4n) is 3.94. The molecule has 1 aromatic heterocycles. The molecule has 2 aromatic rings. The van der Waals surface area contributed by atoms with E-state index in [1.807, 2.05) is 20.8 Å². The molecule has 5 N–H and O–H groups in total. The van der Waals surface area contributed by atoms with Crippen molar-refractivity contribution in [1.29, 1.82) is 0 Å². The zero-order valence-electron chi connectivity index (χ0n) is 24.6. The molecular weight excluding hydrogens is 546 g/mol. The SMILES string of the molecule is CC(C)(C)OC(=O)c1ccc(OCCCCCCCCCC(=O)NC(CCC(=O)On2c(O)ccc2O)C(N)=O)cc1. The third-order valence-electron chi connectivity index (χ3n) is 6.11. The van der Waals surface area contributed by atoms with Crippen molar-refractivity contribution in [3.05, 3.63) is 42.0 Å². The van der Waals surface area contributed by atoms with Gasteiger partial charge in [0.05, 0.1) is 18.6 Å². The van der Waals surface area contributed by atoms with Gasteiger partial charge in [-0.3, -0.25) is 9.59 Å². The van der Waals surface area contributed by atoms with E-state index in [1.54, 1.807) is 24.3 Å². The standard InChI is InChI=1S/C30H43N3O9/c1-30(2,3)41-29(39)21-12-14-22(15-13-21)40-20-10-8-6-4-5-7-9-11-24(34)32-23(28(31)38)16-19-27(37)42-33-25(35)17-18-26(33)36/h12-15,17-18,23,35-36H,4-11,16,19-20H2,1-3H3,(H2,31,38)(H,32,34). The number of esters is 1. The zero-order chi connectivity index (χ0) is 31.1. The molecule has 0 radical (unpaired) electrons. The molecule has 0 saturated carbocycles. The first-order chi connectivity index (χ1) is 19.9. The van der Waals surface area contributed by atoms with Gasteiger partial charge in [-0.15, -0.1) is 4.73 Å². The van der Waals surface area contributed by atoms with Gasteiger partial charge in [0.15, 0.2) is 0 Å². The number of nitrogens with two attached hydrogens (primary N) is 1. The van der Waals surface area contributed by atoms with Crippen molar-refractivity contribution in [3.8, 4) is 17.5 Å². The molecule has 0 bridgehead atoms. The number of hydrogen-bond donors (Lipinski definition) is 4. The Labute approximate surface area is 246 Å². The molecule has 2 amide bonds. The lowest BCUT2D eigenvalue weighted by Crippen LogP contribution is -2.44. The van der Waals surface area contributed by atoms with Crippen LogP contribution in [0.4, 0.5) is 0 Å². The van der Waals surface area contributed by atoms with Crippen molar-refractivity contribution in [2.24, 2.45) is 5.73 Å². The molecule has 42 heavy (non-hydrogen) atoms. The summed E-state index contributed by atoms with van der Waals surface area (Å²) in [5, 5.41) is 21.6. The Morgan fingerprint density at radius 1 is 0.857 bits per heavy atom. The van der Waals surface area contributed by atoms with Gasteiger partial charge in [-0.2, -0.15) is 0 Å². The first-order valence-electron chi connectivity index (χ1n) is 14.2. The molecule has 1 heterocycles. The average Bonchev–Trinajstić information content (AvgIpc) is 3.23. The molecule has 0 aliphatic heterocycles. The highest BCUT2D eigenvalue weighted by molar-refractivity contribution is 5.89. The lowest BCUT2D eigenvalue weighted by Gasteiger charge is -2.19. The van der Waals surface area contributed by atoms with Crippen LogP contribution in [0.15, 0.2) is 36.4 Å². The summed E-state index contributed by atoms with van der Waals surface area (Å²) in [4.78, 5) is 52.8. The molecule has 12 heteroatoms.